The molecule has 0 radical (unpaired) electrons. The van der Waals surface area contributed by atoms with E-state index < -0.39 is 16.0 Å². The van der Waals surface area contributed by atoms with Gasteiger partial charge >= 0.3 is 5.97 Å². The number of carboxylic acid groups (broad SMARTS) is 1. The molecule has 0 atom stereocenters. The number of halogens is 2. The number of aromatic nitrogens is 2. The van der Waals surface area contributed by atoms with E-state index >= 15 is 0 Å². The van der Waals surface area contributed by atoms with E-state index in [1.807, 2.05) is 0 Å². The first kappa shape index (κ1) is 15.8. The molecule has 0 aliphatic heterocycles. The lowest BCUT2D eigenvalue weighted by Gasteiger charge is -2.10. The third-order valence-electron chi connectivity index (χ3n) is 2.60. The fourth-order valence-corrected chi connectivity index (χ4v) is 3.49. The van der Waals surface area contributed by atoms with Gasteiger partial charge in [-0.2, -0.15) is 5.10 Å². The SMILES string of the molecule is Cn1nccc1NS(=O)(=O)c1cc(Br)c(Cl)c(C(=O)O)c1. The standard InChI is InChI=1S/C11H9BrClN3O4S/c1-16-9(2-3-14-16)15-21(19,20)6-4-7(11(17)18)10(13)8(12)5-6/h2-5,15H,1H3,(H,17,18). The summed E-state index contributed by atoms with van der Waals surface area (Å²) in [5.41, 5.74) is -0.309. The number of sulfonamides is 1. The van der Waals surface area contributed by atoms with Crippen molar-refractivity contribution in [3.05, 3.63) is 39.5 Å². The highest BCUT2D eigenvalue weighted by molar-refractivity contribution is 9.10. The molecule has 1 aromatic carbocycles. The number of rotatable bonds is 4. The largest absolute Gasteiger partial charge is 0.478 e. The maximum absolute atomic E-state index is 12.3. The van der Waals surface area contributed by atoms with Crippen LogP contribution in [0.25, 0.3) is 0 Å². The molecule has 0 bridgehead atoms. The van der Waals surface area contributed by atoms with Crippen LogP contribution in [0.15, 0.2) is 33.8 Å². The van der Waals surface area contributed by atoms with Gasteiger partial charge in [0.1, 0.15) is 5.82 Å². The van der Waals surface area contributed by atoms with Crippen LogP contribution in [0.4, 0.5) is 5.82 Å². The first-order valence-corrected chi connectivity index (χ1v) is 8.11. The number of nitrogens with zero attached hydrogens (tertiary/aromatic N) is 2. The summed E-state index contributed by atoms with van der Waals surface area (Å²) >= 11 is 8.87. The molecule has 0 saturated carbocycles. The molecule has 21 heavy (non-hydrogen) atoms. The second-order valence-electron chi connectivity index (χ2n) is 4.02. The Morgan fingerprint density at radius 3 is 2.67 bits per heavy atom. The lowest BCUT2D eigenvalue weighted by molar-refractivity contribution is 0.0696. The predicted octanol–water partition coefficient (Wildman–Crippen LogP) is 2.33. The molecule has 7 nitrogen and oxygen atoms in total. The minimum absolute atomic E-state index is 0.0676. The zero-order chi connectivity index (χ0) is 15.8. The summed E-state index contributed by atoms with van der Waals surface area (Å²) in [5.74, 6) is -1.07. The number of anilines is 1. The van der Waals surface area contributed by atoms with Crippen molar-refractivity contribution in [2.75, 3.05) is 4.72 Å². The number of benzene rings is 1. The van der Waals surface area contributed by atoms with Crippen LogP contribution in [-0.2, 0) is 17.1 Å². The molecule has 0 spiro atoms. The molecule has 0 amide bonds. The average molecular weight is 395 g/mol. The highest BCUT2D eigenvalue weighted by atomic mass is 79.9. The lowest BCUT2D eigenvalue weighted by atomic mass is 10.2. The van der Waals surface area contributed by atoms with Gasteiger partial charge in [0.15, 0.2) is 0 Å². The first-order chi connectivity index (χ1) is 9.72. The van der Waals surface area contributed by atoms with Crippen LogP contribution in [0.3, 0.4) is 0 Å². The highest BCUT2D eigenvalue weighted by Crippen LogP contribution is 2.30. The summed E-state index contributed by atoms with van der Waals surface area (Å²) in [4.78, 5) is 10.9. The molecule has 1 heterocycles. The van der Waals surface area contributed by atoms with Gasteiger partial charge in [-0.25, -0.2) is 13.2 Å². The number of hydrogen-bond donors (Lipinski definition) is 2. The van der Waals surface area contributed by atoms with Crippen molar-refractivity contribution in [1.82, 2.24) is 9.78 Å². The fraction of sp³-hybridized carbons (Fsp3) is 0.0909. The third-order valence-corrected chi connectivity index (χ3v) is 5.20. The zero-order valence-corrected chi connectivity index (χ0v) is 13.7. The van der Waals surface area contributed by atoms with Crippen LogP contribution in [0.5, 0.6) is 0 Å². The number of carbonyl (C=O) groups is 1. The molecule has 0 aliphatic rings. The summed E-state index contributed by atoms with van der Waals surface area (Å²) in [5, 5.41) is 12.8. The van der Waals surface area contributed by atoms with Crippen molar-refractivity contribution >= 4 is 49.3 Å². The summed E-state index contributed by atoms with van der Waals surface area (Å²) in [6.07, 6.45) is 1.43. The van der Waals surface area contributed by atoms with Crippen LogP contribution in [-0.4, -0.2) is 29.3 Å². The molecule has 0 aliphatic carbocycles. The van der Waals surface area contributed by atoms with E-state index in [1.165, 1.54) is 23.0 Å². The smallest absolute Gasteiger partial charge is 0.337 e. The van der Waals surface area contributed by atoms with Crippen LogP contribution in [0, 0.1) is 0 Å². The Kier molecular flexibility index (Phi) is 4.26. The Hall–Kier alpha value is -1.58. The van der Waals surface area contributed by atoms with Crippen molar-refractivity contribution in [2.45, 2.75) is 4.90 Å². The minimum Gasteiger partial charge on any atom is -0.478 e. The second kappa shape index (κ2) is 5.66. The molecule has 2 rings (SSSR count). The summed E-state index contributed by atoms with van der Waals surface area (Å²) in [6.45, 7) is 0. The molecular weight excluding hydrogens is 386 g/mol. The monoisotopic (exact) mass is 393 g/mol. The van der Waals surface area contributed by atoms with Gasteiger partial charge in [0, 0.05) is 17.6 Å². The van der Waals surface area contributed by atoms with Gasteiger partial charge in [-0.1, -0.05) is 11.6 Å². The Balaban J connectivity index is 2.50. The number of carboxylic acids is 1. The molecule has 10 heteroatoms. The number of hydrogen-bond acceptors (Lipinski definition) is 4. The van der Waals surface area contributed by atoms with Gasteiger partial charge in [0.25, 0.3) is 10.0 Å². The van der Waals surface area contributed by atoms with Crippen LogP contribution >= 0.6 is 27.5 Å². The highest BCUT2D eigenvalue weighted by Gasteiger charge is 2.21. The molecule has 2 aromatic rings. The van der Waals surface area contributed by atoms with E-state index in [0.29, 0.717) is 0 Å². The van der Waals surface area contributed by atoms with E-state index in [1.54, 1.807) is 7.05 Å². The van der Waals surface area contributed by atoms with Gasteiger partial charge in [-0.05, 0) is 28.1 Å². The number of aryl methyl sites for hydroxylation is 1. The topological polar surface area (TPSA) is 101 Å². The summed E-state index contributed by atoms with van der Waals surface area (Å²) in [6, 6.07) is 3.70. The molecule has 112 valence electrons. The Bertz CT molecular complexity index is 819. The fourth-order valence-electron chi connectivity index (χ4n) is 1.55. The molecule has 0 saturated heterocycles. The Morgan fingerprint density at radius 2 is 2.14 bits per heavy atom. The zero-order valence-electron chi connectivity index (χ0n) is 10.5. The summed E-state index contributed by atoms with van der Waals surface area (Å²) < 4.78 is 28.4. The van der Waals surface area contributed by atoms with Gasteiger partial charge in [0.05, 0.1) is 21.7 Å². The molecule has 0 unspecified atom stereocenters. The maximum Gasteiger partial charge on any atom is 0.337 e. The first-order valence-electron chi connectivity index (χ1n) is 5.45. The van der Waals surface area contributed by atoms with Gasteiger partial charge in [-0.3, -0.25) is 9.40 Å². The third kappa shape index (κ3) is 3.20. The molecular formula is C11H9BrClN3O4S. The molecule has 0 fully saturated rings. The average Bonchev–Trinajstić information content (AvgIpc) is 2.77. The quantitative estimate of drug-likeness (QED) is 0.829. The number of nitrogens with one attached hydrogen (secondary N) is 1. The minimum atomic E-state index is -3.96. The van der Waals surface area contributed by atoms with Crippen molar-refractivity contribution in [1.29, 1.82) is 0 Å². The van der Waals surface area contributed by atoms with Crippen molar-refractivity contribution in [3.63, 3.8) is 0 Å². The Labute approximate surface area is 133 Å². The molecule has 2 N–H and O–H groups in total. The van der Waals surface area contributed by atoms with E-state index in [4.69, 9.17) is 16.7 Å². The molecule has 1 aromatic heterocycles. The second-order valence-corrected chi connectivity index (χ2v) is 6.93. The van der Waals surface area contributed by atoms with E-state index in [9.17, 15) is 13.2 Å². The summed E-state index contributed by atoms with van der Waals surface area (Å²) in [7, 11) is -2.40. The normalized spacial score (nSPS) is 11.4. The predicted molar refractivity (Wildman–Crippen MR) is 80.1 cm³/mol. The maximum atomic E-state index is 12.3. The Morgan fingerprint density at radius 1 is 1.48 bits per heavy atom. The van der Waals surface area contributed by atoms with Gasteiger partial charge in [-0.15, -0.1) is 0 Å². The van der Waals surface area contributed by atoms with Crippen molar-refractivity contribution in [3.8, 4) is 0 Å². The van der Waals surface area contributed by atoms with Crippen molar-refractivity contribution < 1.29 is 18.3 Å². The van der Waals surface area contributed by atoms with Crippen LogP contribution in [0.2, 0.25) is 5.02 Å². The van der Waals surface area contributed by atoms with E-state index in [2.05, 4.69) is 25.8 Å². The van der Waals surface area contributed by atoms with Gasteiger partial charge < -0.3 is 5.11 Å². The lowest BCUT2D eigenvalue weighted by Crippen LogP contribution is -2.16. The van der Waals surface area contributed by atoms with Crippen LogP contribution < -0.4 is 4.72 Å². The van der Waals surface area contributed by atoms with Gasteiger partial charge in [0.2, 0.25) is 0 Å². The van der Waals surface area contributed by atoms with E-state index in [-0.39, 0.29) is 25.8 Å². The van der Waals surface area contributed by atoms with Crippen LogP contribution in [0.1, 0.15) is 10.4 Å². The number of aromatic carboxylic acids is 1. The van der Waals surface area contributed by atoms with Crippen molar-refractivity contribution in [2.24, 2.45) is 7.05 Å². The van der Waals surface area contributed by atoms with E-state index in [0.717, 1.165) is 6.07 Å².